The average molecular weight is 233 g/mol. The fraction of sp³-hybridized carbons (Fsp3) is 0.0909. The van der Waals surface area contributed by atoms with E-state index in [1.807, 2.05) is 18.2 Å². The van der Waals surface area contributed by atoms with E-state index in [4.69, 9.17) is 10.5 Å². The quantitative estimate of drug-likeness (QED) is 0.824. The molecule has 82 valence electrons. The van der Waals surface area contributed by atoms with E-state index < -0.39 is 0 Å². The molecule has 0 aliphatic carbocycles. The number of methoxy groups -OCH3 is 1. The van der Waals surface area contributed by atoms with Crippen molar-refractivity contribution >= 4 is 17.4 Å². The van der Waals surface area contributed by atoms with E-state index >= 15 is 0 Å². The van der Waals surface area contributed by atoms with Gasteiger partial charge in [0.25, 0.3) is 0 Å². The van der Waals surface area contributed by atoms with Gasteiger partial charge in [0, 0.05) is 17.3 Å². The van der Waals surface area contributed by atoms with Gasteiger partial charge >= 0.3 is 0 Å². The fourth-order valence-corrected chi connectivity index (χ4v) is 2.05. The summed E-state index contributed by atoms with van der Waals surface area (Å²) in [5.41, 5.74) is 6.57. The molecular weight excluding hydrogens is 222 g/mol. The van der Waals surface area contributed by atoms with Crippen LogP contribution in [0, 0.1) is 0 Å². The molecule has 0 amide bonds. The standard InChI is InChI=1S/C11H11N3OS/c1-15-8-3-2-4-9(11(8)12)16-10-7-13-5-6-14-10/h2-7H,12H2,1H3. The van der Waals surface area contributed by atoms with Crippen LogP contribution >= 0.6 is 11.8 Å². The second kappa shape index (κ2) is 4.85. The van der Waals surface area contributed by atoms with Gasteiger partial charge in [0.1, 0.15) is 10.8 Å². The van der Waals surface area contributed by atoms with Crippen molar-refractivity contribution in [1.29, 1.82) is 0 Å². The number of nitrogen functional groups attached to an aromatic ring is 1. The molecular formula is C11H11N3OS. The molecule has 0 spiro atoms. The molecule has 0 saturated carbocycles. The van der Waals surface area contributed by atoms with Gasteiger partial charge in [-0.05, 0) is 12.1 Å². The van der Waals surface area contributed by atoms with E-state index in [0.29, 0.717) is 11.4 Å². The zero-order valence-corrected chi connectivity index (χ0v) is 9.57. The minimum absolute atomic E-state index is 0.626. The maximum Gasteiger partial charge on any atom is 0.142 e. The van der Waals surface area contributed by atoms with Gasteiger partial charge in [-0.2, -0.15) is 0 Å². The minimum atomic E-state index is 0.626. The van der Waals surface area contributed by atoms with Crippen molar-refractivity contribution < 1.29 is 4.74 Å². The van der Waals surface area contributed by atoms with Crippen molar-refractivity contribution in [2.75, 3.05) is 12.8 Å². The molecule has 0 radical (unpaired) electrons. The number of nitrogens with two attached hydrogens (primary N) is 1. The summed E-state index contributed by atoms with van der Waals surface area (Å²) in [7, 11) is 1.60. The van der Waals surface area contributed by atoms with E-state index in [2.05, 4.69) is 9.97 Å². The summed E-state index contributed by atoms with van der Waals surface area (Å²) in [6.07, 6.45) is 4.99. The molecule has 16 heavy (non-hydrogen) atoms. The Bertz CT molecular complexity index is 476. The first kappa shape index (κ1) is 10.8. The smallest absolute Gasteiger partial charge is 0.142 e. The van der Waals surface area contributed by atoms with E-state index in [1.54, 1.807) is 25.7 Å². The average Bonchev–Trinajstić information content (AvgIpc) is 2.33. The number of aromatic nitrogens is 2. The zero-order valence-electron chi connectivity index (χ0n) is 8.75. The van der Waals surface area contributed by atoms with Crippen molar-refractivity contribution in [3.8, 4) is 5.75 Å². The first-order valence-corrected chi connectivity index (χ1v) is 5.49. The van der Waals surface area contributed by atoms with E-state index in [-0.39, 0.29) is 0 Å². The fourth-order valence-electron chi connectivity index (χ4n) is 1.24. The van der Waals surface area contributed by atoms with Crippen LogP contribution < -0.4 is 10.5 Å². The van der Waals surface area contributed by atoms with Crippen molar-refractivity contribution in [1.82, 2.24) is 9.97 Å². The number of hydrogen-bond acceptors (Lipinski definition) is 5. The number of para-hydroxylation sites is 1. The van der Waals surface area contributed by atoms with E-state index in [0.717, 1.165) is 9.92 Å². The highest BCUT2D eigenvalue weighted by Gasteiger charge is 2.07. The number of ether oxygens (including phenoxy) is 1. The Morgan fingerprint density at radius 2 is 2.19 bits per heavy atom. The topological polar surface area (TPSA) is 61.0 Å². The van der Waals surface area contributed by atoms with Crippen LogP contribution in [-0.4, -0.2) is 17.1 Å². The molecule has 0 aliphatic rings. The lowest BCUT2D eigenvalue weighted by molar-refractivity contribution is 0.416. The first-order chi connectivity index (χ1) is 7.81. The van der Waals surface area contributed by atoms with Gasteiger partial charge in [-0.15, -0.1) is 0 Å². The molecule has 2 aromatic rings. The second-order valence-corrected chi connectivity index (χ2v) is 4.08. The molecule has 0 aliphatic heterocycles. The van der Waals surface area contributed by atoms with Gasteiger partial charge in [0.2, 0.25) is 0 Å². The Morgan fingerprint density at radius 3 is 2.88 bits per heavy atom. The van der Waals surface area contributed by atoms with Crippen LogP contribution in [-0.2, 0) is 0 Å². The molecule has 0 fully saturated rings. The minimum Gasteiger partial charge on any atom is -0.495 e. The number of nitrogens with zero attached hydrogens (tertiary/aromatic N) is 2. The normalized spacial score (nSPS) is 10.1. The zero-order chi connectivity index (χ0) is 11.4. The van der Waals surface area contributed by atoms with Crippen LogP contribution in [0.2, 0.25) is 0 Å². The first-order valence-electron chi connectivity index (χ1n) is 4.67. The van der Waals surface area contributed by atoms with Crippen molar-refractivity contribution in [2.45, 2.75) is 9.92 Å². The highest BCUT2D eigenvalue weighted by atomic mass is 32.2. The molecule has 2 N–H and O–H groups in total. The summed E-state index contributed by atoms with van der Waals surface area (Å²) in [5, 5.41) is 0.808. The van der Waals surface area contributed by atoms with Gasteiger partial charge < -0.3 is 10.5 Å². The molecule has 1 aromatic carbocycles. The van der Waals surface area contributed by atoms with E-state index in [1.165, 1.54) is 11.8 Å². The summed E-state index contributed by atoms with van der Waals surface area (Å²) in [6.45, 7) is 0. The van der Waals surface area contributed by atoms with E-state index in [9.17, 15) is 0 Å². The number of hydrogen-bond donors (Lipinski definition) is 1. The largest absolute Gasteiger partial charge is 0.495 e. The summed E-state index contributed by atoms with van der Waals surface area (Å²) in [6, 6.07) is 5.65. The van der Waals surface area contributed by atoms with Crippen LogP contribution in [0.4, 0.5) is 5.69 Å². The van der Waals surface area contributed by atoms with Crippen LogP contribution in [0.1, 0.15) is 0 Å². The van der Waals surface area contributed by atoms with Crippen LogP contribution in [0.5, 0.6) is 5.75 Å². The van der Waals surface area contributed by atoms with Gasteiger partial charge in [0.15, 0.2) is 0 Å². The summed E-state index contributed by atoms with van der Waals surface area (Å²) >= 11 is 1.47. The monoisotopic (exact) mass is 233 g/mol. The highest BCUT2D eigenvalue weighted by molar-refractivity contribution is 7.99. The SMILES string of the molecule is COc1cccc(Sc2cnccn2)c1N. The molecule has 0 saturated heterocycles. The summed E-state index contributed by atoms with van der Waals surface area (Å²) in [4.78, 5) is 9.09. The lowest BCUT2D eigenvalue weighted by atomic mass is 10.3. The maximum atomic E-state index is 5.95. The predicted octanol–water partition coefficient (Wildman–Crippen LogP) is 2.22. The van der Waals surface area contributed by atoms with Crippen LogP contribution in [0.25, 0.3) is 0 Å². The third-order valence-electron chi connectivity index (χ3n) is 2.00. The Labute approximate surface area is 97.9 Å². The number of benzene rings is 1. The lowest BCUT2D eigenvalue weighted by Gasteiger charge is -2.08. The van der Waals surface area contributed by atoms with Gasteiger partial charge in [-0.25, -0.2) is 4.98 Å². The second-order valence-electron chi connectivity index (χ2n) is 3.02. The van der Waals surface area contributed by atoms with Crippen molar-refractivity contribution in [3.63, 3.8) is 0 Å². The van der Waals surface area contributed by atoms with Gasteiger partial charge in [-0.3, -0.25) is 4.98 Å². The molecule has 0 unspecified atom stereocenters. The molecule has 1 heterocycles. The summed E-state index contributed by atoms with van der Waals surface area (Å²) < 4.78 is 5.15. The molecule has 1 aromatic heterocycles. The van der Waals surface area contributed by atoms with Crippen LogP contribution in [0.3, 0.4) is 0 Å². The highest BCUT2D eigenvalue weighted by Crippen LogP contribution is 2.35. The molecule has 2 rings (SSSR count). The molecule has 4 nitrogen and oxygen atoms in total. The number of rotatable bonds is 3. The molecule has 0 bridgehead atoms. The van der Waals surface area contributed by atoms with Crippen molar-refractivity contribution in [3.05, 3.63) is 36.8 Å². The van der Waals surface area contributed by atoms with Crippen molar-refractivity contribution in [2.24, 2.45) is 0 Å². The third kappa shape index (κ3) is 2.25. The Morgan fingerprint density at radius 1 is 1.31 bits per heavy atom. The van der Waals surface area contributed by atoms with Crippen LogP contribution in [0.15, 0.2) is 46.7 Å². The third-order valence-corrected chi connectivity index (χ3v) is 3.00. The summed E-state index contributed by atoms with van der Waals surface area (Å²) in [5.74, 6) is 0.675. The maximum absolute atomic E-state index is 5.95. The lowest BCUT2D eigenvalue weighted by Crippen LogP contribution is -1.94. The van der Waals surface area contributed by atoms with Gasteiger partial charge in [-0.1, -0.05) is 17.8 Å². The Kier molecular flexibility index (Phi) is 3.26. The predicted molar refractivity (Wildman–Crippen MR) is 63.6 cm³/mol. The molecule has 0 atom stereocenters. The molecule has 5 heteroatoms. The Balaban J connectivity index is 2.28. The number of anilines is 1. The van der Waals surface area contributed by atoms with Gasteiger partial charge in [0.05, 0.1) is 19.0 Å². The Hall–Kier alpha value is -1.75.